The van der Waals surface area contributed by atoms with Crippen molar-refractivity contribution in [3.63, 3.8) is 0 Å². The van der Waals surface area contributed by atoms with E-state index in [-0.39, 0.29) is 62.4 Å². The van der Waals surface area contributed by atoms with Gasteiger partial charge in [-0.25, -0.2) is 0 Å². The second-order valence-corrected chi connectivity index (χ2v) is 10.8. The Kier molecular flexibility index (Phi) is 9.56. The largest absolute Gasteiger partial charge is 0.379 e. The van der Waals surface area contributed by atoms with Crippen LogP contribution in [0, 0.1) is 13.8 Å². The molecule has 0 atom stereocenters. The van der Waals surface area contributed by atoms with Crippen LogP contribution in [0.5, 0.6) is 0 Å². The van der Waals surface area contributed by atoms with Crippen LogP contribution in [0.2, 0.25) is 0 Å². The lowest BCUT2D eigenvalue weighted by Crippen LogP contribution is -2.37. The van der Waals surface area contributed by atoms with Crippen molar-refractivity contribution in [3.05, 3.63) is 59.7 Å². The standard InChI is InChI=1S/C22H30N2O8S2/c1-19-3-7-21(8-4-19)33(25,26)31-23-11-15-29-17-13-24(14-18-30-16-12-23)32-34(27,28)22-9-5-20(2)6-10-22/h3-10H,11-18H2,1-2H3. The molecule has 1 fully saturated rings. The maximum Gasteiger partial charge on any atom is 0.313 e. The van der Waals surface area contributed by atoms with Crippen molar-refractivity contribution in [1.82, 2.24) is 10.1 Å². The van der Waals surface area contributed by atoms with Crippen LogP contribution in [-0.2, 0) is 38.3 Å². The fraction of sp³-hybridized carbons (Fsp3) is 0.455. The molecule has 1 aliphatic rings. The highest BCUT2D eigenvalue weighted by Gasteiger charge is 2.23. The summed E-state index contributed by atoms with van der Waals surface area (Å²) in [6, 6.07) is 12.8. The number of hydrogen-bond donors (Lipinski definition) is 0. The molecule has 0 N–H and O–H groups in total. The number of hydroxylamine groups is 4. The van der Waals surface area contributed by atoms with E-state index >= 15 is 0 Å². The Morgan fingerprint density at radius 2 is 0.882 bits per heavy atom. The Hall–Kier alpha value is -1.90. The molecule has 10 nitrogen and oxygen atoms in total. The molecule has 12 heteroatoms. The predicted octanol–water partition coefficient (Wildman–Crippen LogP) is 1.90. The number of aryl methyl sites for hydroxylation is 2. The summed E-state index contributed by atoms with van der Waals surface area (Å²) in [5.74, 6) is 0. The SMILES string of the molecule is Cc1ccc(S(=O)(=O)ON2CCOCCN(OS(=O)(=O)c3ccc(C)cc3)CCOCC2)cc1. The predicted molar refractivity (Wildman–Crippen MR) is 124 cm³/mol. The topological polar surface area (TPSA) is 112 Å². The van der Waals surface area contributed by atoms with E-state index in [9.17, 15) is 16.8 Å². The van der Waals surface area contributed by atoms with Crippen molar-refractivity contribution >= 4 is 20.2 Å². The van der Waals surface area contributed by atoms with Crippen molar-refractivity contribution in [3.8, 4) is 0 Å². The van der Waals surface area contributed by atoms with Gasteiger partial charge in [-0.2, -0.15) is 35.5 Å². The monoisotopic (exact) mass is 514 g/mol. The lowest BCUT2D eigenvalue weighted by Gasteiger charge is -2.24. The molecule has 0 bridgehead atoms. The normalized spacial score (nSPS) is 18.2. The Bertz CT molecular complexity index is 1020. The number of benzene rings is 2. The second-order valence-electron chi connectivity index (χ2n) is 7.77. The van der Waals surface area contributed by atoms with E-state index in [1.807, 2.05) is 13.8 Å². The van der Waals surface area contributed by atoms with E-state index in [2.05, 4.69) is 0 Å². The molecular weight excluding hydrogens is 484 g/mol. The van der Waals surface area contributed by atoms with E-state index < -0.39 is 20.2 Å². The summed E-state index contributed by atoms with van der Waals surface area (Å²) in [5.41, 5.74) is 1.88. The second kappa shape index (κ2) is 12.2. The van der Waals surface area contributed by atoms with Gasteiger partial charge in [-0.05, 0) is 38.1 Å². The quantitative estimate of drug-likeness (QED) is 0.566. The van der Waals surface area contributed by atoms with Gasteiger partial charge >= 0.3 is 20.2 Å². The first-order chi connectivity index (χ1) is 16.2. The van der Waals surface area contributed by atoms with Gasteiger partial charge in [0.05, 0.1) is 36.2 Å². The van der Waals surface area contributed by atoms with Gasteiger partial charge in [-0.1, -0.05) is 35.4 Å². The van der Waals surface area contributed by atoms with Crippen LogP contribution in [-0.4, -0.2) is 79.6 Å². The molecular formula is C22H30N2O8S2. The number of ether oxygens (including phenoxy) is 2. The van der Waals surface area contributed by atoms with E-state index in [0.717, 1.165) is 11.1 Å². The van der Waals surface area contributed by atoms with Crippen LogP contribution in [0.4, 0.5) is 0 Å². The van der Waals surface area contributed by atoms with E-state index in [1.54, 1.807) is 24.3 Å². The van der Waals surface area contributed by atoms with Crippen LogP contribution in [0.15, 0.2) is 58.3 Å². The lowest BCUT2D eigenvalue weighted by atomic mass is 10.2. The van der Waals surface area contributed by atoms with Crippen LogP contribution >= 0.6 is 0 Å². The van der Waals surface area contributed by atoms with Gasteiger partial charge in [0.15, 0.2) is 0 Å². The first-order valence-electron chi connectivity index (χ1n) is 10.8. The Balaban J connectivity index is 1.55. The molecule has 3 rings (SSSR count). The molecule has 188 valence electrons. The van der Waals surface area contributed by atoms with Gasteiger partial charge in [0.1, 0.15) is 0 Å². The van der Waals surface area contributed by atoms with Crippen LogP contribution < -0.4 is 0 Å². The highest BCUT2D eigenvalue weighted by molar-refractivity contribution is 7.87. The summed E-state index contributed by atoms with van der Waals surface area (Å²) in [7, 11) is -7.96. The zero-order valence-corrected chi connectivity index (χ0v) is 20.9. The first kappa shape index (κ1) is 26.7. The minimum absolute atomic E-state index is 0.0635. The zero-order valence-electron chi connectivity index (χ0n) is 19.3. The molecule has 0 saturated carbocycles. The number of nitrogens with zero attached hydrogens (tertiary/aromatic N) is 2. The molecule has 1 heterocycles. The first-order valence-corrected chi connectivity index (χ1v) is 13.7. The molecule has 1 saturated heterocycles. The van der Waals surface area contributed by atoms with Gasteiger partial charge in [0.25, 0.3) is 0 Å². The average molecular weight is 515 g/mol. The maximum atomic E-state index is 12.6. The summed E-state index contributed by atoms with van der Waals surface area (Å²) in [6.45, 7) is 5.12. The third-order valence-corrected chi connectivity index (χ3v) is 7.48. The highest BCUT2D eigenvalue weighted by atomic mass is 32.2. The van der Waals surface area contributed by atoms with Crippen molar-refractivity contribution in [2.24, 2.45) is 0 Å². The molecule has 34 heavy (non-hydrogen) atoms. The molecule has 0 aromatic heterocycles. The Morgan fingerprint density at radius 3 is 1.18 bits per heavy atom. The fourth-order valence-electron chi connectivity index (χ4n) is 3.02. The van der Waals surface area contributed by atoms with Crippen molar-refractivity contribution in [2.75, 3.05) is 52.6 Å². The van der Waals surface area contributed by atoms with E-state index in [4.69, 9.17) is 18.0 Å². The molecule has 1 aliphatic heterocycles. The lowest BCUT2D eigenvalue weighted by molar-refractivity contribution is -0.113. The minimum Gasteiger partial charge on any atom is -0.379 e. The van der Waals surface area contributed by atoms with Gasteiger partial charge in [0, 0.05) is 26.2 Å². The van der Waals surface area contributed by atoms with Crippen LogP contribution in [0.25, 0.3) is 0 Å². The fourth-order valence-corrected chi connectivity index (χ4v) is 4.98. The molecule has 0 unspecified atom stereocenters. The summed E-state index contributed by atoms with van der Waals surface area (Å²) >= 11 is 0. The number of rotatable bonds is 6. The minimum atomic E-state index is -3.98. The van der Waals surface area contributed by atoms with Gasteiger partial charge < -0.3 is 9.47 Å². The molecule has 2 aromatic rings. The molecule has 0 spiro atoms. The smallest absolute Gasteiger partial charge is 0.313 e. The van der Waals surface area contributed by atoms with Crippen molar-refractivity contribution in [2.45, 2.75) is 23.6 Å². The Morgan fingerprint density at radius 1 is 0.588 bits per heavy atom. The Labute approximate surface area is 201 Å². The molecule has 0 radical (unpaired) electrons. The summed E-state index contributed by atoms with van der Waals surface area (Å²) in [6.07, 6.45) is 0. The summed E-state index contributed by atoms with van der Waals surface area (Å²) in [4.78, 5) is 0.127. The molecule has 0 amide bonds. The van der Waals surface area contributed by atoms with Gasteiger partial charge in [-0.15, -0.1) is 0 Å². The van der Waals surface area contributed by atoms with Crippen LogP contribution in [0.1, 0.15) is 11.1 Å². The van der Waals surface area contributed by atoms with Crippen LogP contribution in [0.3, 0.4) is 0 Å². The molecule has 2 aromatic carbocycles. The van der Waals surface area contributed by atoms with E-state index in [0.29, 0.717) is 0 Å². The van der Waals surface area contributed by atoms with Gasteiger partial charge in [-0.3, -0.25) is 0 Å². The zero-order chi connectivity index (χ0) is 24.6. The third-order valence-electron chi connectivity index (χ3n) is 4.97. The number of hydrogen-bond acceptors (Lipinski definition) is 10. The van der Waals surface area contributed by atoms with E-state index in [1.165, 1.54) is 34.4 Å². The van der Waals surface area contributed by atoms with Gasteiger partial charge in [0.2, 0.25) is 0 Å². The molecule has 0 aliphatic carbocycles. The highest BCUT2D eigenvalue weighted by Crippen LogP contribution is 2.16. The average Bonchev–Trinajstić information content (AvgIpc) is 2.77. The van der Waals surface area contributed by atoms with Crippen molar-refractivity contribution < 1.29 is 34.9 Å². The van der Waals surface area contributed by atoms with Crippen molar-refractivity contribution in [1.29, 1.82) is 0 Å². The third kappa shape index (κ3) is 8.10. The summed E-state index contributed by atoms with van der Waals surface area (Å²) < 4.78 is 72.0. The summed E-state index contributed by atoms with van der Waals surface area (Å²) in [5, 5.41) is 2.57. The maximum absolute atomic E-state index is 12.6.